The lowest BCUT2D eigenvalue weighted by Gasteiger charge is -2.15. The summed E-state index contributed by atoms with van der Waals surface area (Å²) in [5.74, 6) is 1.13. The van der Waals surface area contributed by atoms with Crippen molar-refractivity contribution in [2.75, 3.05) is 6.61 Å². The Morgan fingerprint density at radius 3 is 2.50 bits per heavy atom. The topological polar surface area (TPSA) is 57.1 Å². The van der Waals surface area contributed by atoms with Crippen LogP contribution >= 0.6 is 22.6 Å². The molecular weight excluding hydrogens is 517 g/mol. The molecule has 6 heteroatoms. The predicted molar refractivity (Wildman–Crippen MR) is 133 cm³/mol. The molecule has 0 amide bonds. The van der Waals surface area contributed by atoms with Crippen molar-refractivity contribution in [3.8, 4) is 11.5 Å². The highest BCUT2D eigenvalue weighted by Crippen LogP contribution is 2.36. The van der Waals surface area contributed by atoms with Crippen molar-refractivity contribution in [3.63, 3.8) is 0 Å². The van der Waals surface area contributed by atoms with Crippen molar-refractivity contribution in [2.24, 2.45) is 4.99 Å². The number of hydrogen-bond donors (Lipinski definition) is 0. The van der Waals surface area contributed by atoms with Crippen LogP contribution in [0.25, 0.3) is 6.08 Å². The number of hydrogen-bond acceptors (Lipinski definition) is 5. The van der Waals surface area contributed by atoms with E-state index in [2.05, 4.69) is 58.8 Å². The maximum atomic E-state index is 12.3. The van der Waals surface area contributed by atoms with E-state index >= 15 is 0 Å². The molecule has 3 aromatic rings. The Morgan fingerprint density at radius 1 is 1.03 bits per heavy atom. The molecule has 0 fully saturated rings. The van der Waals surface area contributed by atoms with Crippen LogP contribution in [0, 0.1) is 10.5 Å². The molecule has 1 heterocycles. The third kappa shape index (κ3) is 5.19. The normalized spacial score (nSPS) is 14.3. The van der Waals surface area contributed by atoms with Crippen LogP contribution in [0.2, 0.25) is 0 Å². The zero-order valence-corrected chi connectivity index (χ0v) is 20.0. The second-order valence-electron chi connectivity index (χ2n) is 7.24. The van der Waals surface area contributed by atoms with E-state index in [1.54, 1.807) is 6.08 Å². The van der Waals surface area contributed by atoms with Crippen molar-refractivity contribution in [1.29, 1.82) is 0 Å². The maximum Gasteiger partial charge on any atom is 0.363 e. The summed E-state index contributed by atoms with van der Waals surface area (Å²) in [6, 6.07) is 21.4. The van der Waals surface area contributed by atoms with E-state index in [9.17, 15) is 4.79 Å². The molecular formula is C26H22INO4. The number of nitrogens with zero attached hydrogens (tertiary/aromatic N) is 1. The molecule has 0 radical (unpaired) electrons. The molecule has 0 unspecified atom stereocenters. The fraction of sp³-hybridized carbons (Fsp3) is 0.154. The zero-order valence-electron chi connectivity index (χ0n) is 17.8. The third-order valence-electron chi connectivity index (χ3n) is 4.78. The van der Waals surface area contributed by atoms with Gasteiger partial charge in [-0.05, 0) is 77.9 Å². The molecule has 0 N–H and O–H groups in total. The van der Waals surface area contributed by atoms with Crippen LogP contribution < -0.4 is 9.47 Å². The van der Waals surface area contributed by atoms with Gasteiger partial charge in [-0.2, -0.15) is 0 Å². The van der Waals surface area contributed by atoms with Gasteiger partial charge in [0.25, 0.3) is 0 Å². The number of aliphatic imine (C=N–C) groups is 1. The Bertz CT molecular complexity index is 1180. The smallest absolute Gasteiger partial charge is 0.363 e. The number of aryl methyl sites for hydroxylation is 1. The van der Waals surface area contributed by atoms with Crippen molar-refractivity contribution in [2.45, 2.75) is 20.5 Å². The van der Waals surface area contributed by atoms with Crippen LogP contribution in [0.5, 0.6) is 11.5 Å². The maximum absolute atomic E-state index is 12.3. The monoisotopic (exact) mass is 539 g/mol. The van der Waals surface area contributed by atoms with Crippen LogP contribution in [0.4, 0.5) is 0 Å². The van der Waals surface area contributed by atoms with Crippen LogP contribution in [-0.4, -0.2) is 18.5 Å². The molecule has 5 nitrogen and oxygen atoms in total. The van der Waals surface area contributed by atoms with Gasteiger partial charge in [-0.1, -0.05) is 48.0 Å². The van der Waals surface area contributed by atoms with E-state index in [1.807, 2.05) is 49.4 Å². The molecule has 0 saturated heterocycles. The Labute approximate surface area is 200 Å². The van der Waals surface area contributed by atoms with E-state index in [0.29, 0.717) is 30.6 Å². The zero-order chi connectivity index (χ0) is 22.5. The summed E-state index contributed by atoms with van der Waals surface area (Å²) in [5, 5.41) is 0. The van der Waals surface area contributed by atoms with E-state index in [0.717, 1.165) is 20.3 Å². The number of ether oxygens (including phenoxy) is 3. The Hall–Kier alpha value is -3.13. The second kappa shape index (κ2) is 9.99. The number of carbonyl (C=O) groups is 1. The minimum Gasteiger partial charge on any atom is -0.490 e. The Kier molecular flexibility index (Phi) is 6.90. The molecule has 4 rings (SSSR count). The van der Waals surface area contributed by atoms with Gasteiger partial charge < -0.3 is 14.2 Å². The molecule has 0 spiro atoms. The Morgan fingerprint density at radius 2 is 1.78 bits per heavy atom. The van der Waals surface area contributed by atoms with E-state index in [1.165, 1.54) is 5.56 Å². The molecule has 1 aliphatic rings. The number of rotatable bonds is 7. The first-order valence-electron chi connectivity index (χ1n) is 10.3. The van der Waals surface area contributed by atoms with E-state index < -0.39 is 5.97 Å². The third-order valence-corrected chi connectivity index (χ3v) is 5.58. The lowest BCUT2D eigenvalue weighted by atomic mass is 10.1. The van der Waals surface area contributed by atoms with Crippen LogP contribution in [0.15, 0.2) is 77.4 Å². The van der Waals surface area contributed by atoms with Crippen LogP contribution in [0.1, 0.15) is 29.2 Å². The van der Waals surface area contributed by atoms with Crippen molar-refractivity contribution < 1.29 is 19.0 Å². The largest absolute Gasteiger partial charge is 0.490 e. The summed E-state index contributed by atoms with van der Waals surface area (Å²) in [4.78, 5) is 16.7. The molecule has 0 atom stereocenters. The fourth-order valence-electron chi connectivity index (χ4n) is 3.19. The molecule has 0 saturated carbocycles. The van der Waals surface area contributed by atoms with Gasteiger partial charge in [0.1, 0.15) is 6.61 Å². The number of benzene rings is 3. The first-order valence-corrected chi connectivity index (χ1v) is 11.3. The van der Waals surface area contributed by atoms with Crippen molar-refractivity contribution >= 4 is 40.5 Å². The van der Waals surface area contributed by atoms with Crippen molar-refractivity contribution in [1.82, 2.24) is 0 Å². The minimum atomic E-state index is -0.475. The summed E-state index contributed by atoms with van der Waals surface area (Å²) >= 11 is 2.22. The highest BCUT2D eigenvalue weighted by molar-refractivity contribution is 14.1. The molecule has 0 aliphatic carbocycles. The van der Waals surface area contributed by atoms with Gasteiger partial charge in [0.05, 0.1) is 10.2 Å². The van der Waals surface area contributed by atoms with Gasteiger partial charge in [-0.15, -0.1) is 0 Å². The highest BCUT2D eigenvalue weighted by Gasteiger charge is 2.24. The van der Waals surface area contributed by atoms with Crippen LogP contribution in [0.3, 0.4) is 0 Å². The van der Waals surface area contributed by atoms with Crippen molar-refractivity contribution in [3.05, 3.63) is 98.3 Å². The minimum absolute atomic E-state index is 0.246. The lowest BCUT2D eigenvalue weighted by Crippen LogP contribution is -2.05. The van der Waals surface area contributed by atoms with Gasteiger partial charge >= 0.3 is 5.97 Å². The SMILES string of the molecule is CCOc1cc(/C=C2\N=C(c3ccccc3)OC2=O)cc(I)c1OCc1ccc(C)cc1. The highest BCUT2D eigenvalue weighted by atomic mass is 127. The quantitative estimate of drug-likeness (QED) is 0.213. The van der Waals surface area contributed by atoms with Gasteiger partial charge in [0, 0.05) is 5.56 Å². The van der Waals surface area contributed by atoms with Gasteiger partial charge in [-0.3, -0.25) is 0 Å². The molecule has 3 aromatic carbocycles. The van der Waals surface area contributed by atoms with Gasteiger partial charge in [0.2, 0.25) is 5.90 Å². The Balaban J connectivity index is 1.60. The number of halogens is 1. The lowest BCUT2D eigenvalue weighted by molar-refractivity contribution is -0.129. The summed E-state index contributed by atoms with van der Waals surface area (Å²) in [6.45, 7) is 4.91. The van der Waals surface area contributed by atoms with E-state index in [4.69, 9.17) is 14.2 Å². The molecule has 162 valence electrons. The molecule has 0 aromatic heterocycles. The first kappa shape index (κ1) is 22.1. The molecule has 0 bridgehead atoms. The summed E-state index contributed by atoms with van der Waals surface area (Å²) in [6.07, 6.45) is 1.70. The summed E-state index contributed by atoms with van der Waals surface area (Å²) in [7, 11) is 0. The number of esters is 1. The number of cyclic esters (lactones) is 1. The summed E-state index contributed by atoms with van der Waals surface area (Å²) in [5.41, 5.74) is 4.07. The first-order chi connectivity index (χ1) is 15.5. The standard InChI is InChI=1S/C26H22INO4/c1-3-30-23-15-19(13-21(27)24(23)31-16-18-11-9-17(2)10-12-18)14-22-26(29)32-25(28-22)20-7-5-4-6-8-20/h4-15H,3,16H2,1-2H3/b22-14-. The number of carbonyl (C=O) groups excluding carboxylic acids is 1. The predicted octanol–water partition coefficient (Wildman–Crippen LogP) is 5.92. The second-order valence-corrected chi connectivity index (χ2v) is 8.40. The van der Waals surface area contributed by atoms with E-state index in [-0.39, 0.29) is 5.70 Å². The average molecular weight is 539 g/mol. The summed E-state index contributed by atoms with van der Waals surface area (Å²) < 4.78 is 18.2. The average Bonchev–Trinajstić information content (AvgIpc) is 3.15. The molecule has 1 aliphatic heterocycles. The van der Waals surface area contributed by atoms with Gasteiger partial charge in [0.15, 0.2) is 17.2 Å². The van der Waals surface area contributed by atoms with Crippen LogP contribution in [-0.2, 0) is 16.1 Å². The van der Waals surface area contributed by atoms with Gasteiger partial charge in [-0.25, -0.2) is 9.79 Å². The fourth-order valence-corrected chi connectivity index (χ4v) is 3.97. The molecule has 32 heavy (non-hydrogen) atoms.